The molecule has 1 aromatic carbocycles. The third kappa shape index (κ3) is 4.08. The van der Waals surface area contributed by atoms with Crippen molar-refractivity contribution in [2.24, 2.45) is 0 Å². The zero-order valence-corrected chi connectivity index (χ0v) is 11.6. The number of fused-ring (bicyclic) bond motifs is 1. The monoisotopic (exact) mass is 276 g/mol. The molecule has 20 heavy (non-hydrogen) atoms. The molecule has 0 unspecified atom stereocenters. The van der Waals surface area contributed by atoms with Crippen LogP contribution in [-0.2, 0) is 16.1 Å². The number of hydrogen-bond acceptors (Lipinski definition) is 4. The van der Waals surface area contributed by atoms with Gasteiger partial charge in [-0.2, -0.15) is 0 Å². The van der Waals surface area contributed by atoms with Crippen LogP contribution in [0.1, 0.15) is 12.0 Å². The topological polar surface area (TPSA) is 63.5 Å². The van der Waals surface area contributed by atoms with Gasteiger partial charge in [0.15, 0.2) is 0 Å². The minimum absolute atomic E-state index is 0.0339. The zero-order valence-electron chi connectivity index (χ0n) is 11.6. The molecular formula is C15H20N2O3. The third-order valence-corrected chi connectivity index (χ3v) is 3.03. The van der Waals surface area contributed by atoms with E-state index in [0.717, 1.165) is 16.5 Å². The molecule has 1 aromatic heterocycles. The van der Waals surface area contributed by atoms with Crippen LogP contribution in [0, 0.1) is 0 Å². The zero-order chi connectivity index (χ0) is 14.2. The van der Waals surface area contributed by atoms with E-state index in [1.54, 1.807) is 13.4 Å². The van der Waals surface area contributed by atoms with E-state index in [0.29, 0.717) is 32.7 Å². The van der Waals surface area contributed by atoms with Crippen molar-refractivity contribution in [3.05, 3.63) is 36.1 Å². The van der Waals surface area contributed by atoms with Crippen LogP contribution in [0.5, 0.6) is 0 Å². The van der Waals surface area contributed by atoms with E-state index in [9.17, 15) is 4.79 Å². The summed E-state index contributed by atoms with van der Waals surface area (Å²) in [5.41, 5.74) is 2.00. The standard InChI is InChI=1S/C15H20N2O3/c1-19-9-8-17-15(18)6-7-16-10-12-11-20-14-5-3-2-4-13(12)14/h2-5,11,16H,6-10H2,1H3,(H,17,18). The largest absolute Gasteiger partial charge is 0.464 e. The lowest BCUT2D eigenvalue weighted by Gasteiger charge is -2.05. The number of para-hydroxylation sites is 1. The van der Waals surface area contributed by atoms with Gasteiger partial charge >= 0.3 is 0 Å². The van der Waals surface area contributed by atoms with Crippen LogP contribution in [0.2, 0.25) is 0 Å². The van der Waals surface area contributed by atoms with Gasteiger partial charge in [-0.05, 0) is 6.07 Å². The summed E-state index contributed by atoms with van der Waals surface area (Å²) in [5, 5.41) is 7.15. The molecule has 5 heteroatoms. The molecule has 0 saturated carbocycles. The first-order valence-electron chi connectivity index (χ1n) is 6.72. The van der Waals surface area contributed by atoms with Crippen molar-refractivity contribution in [1.29, 1.82) is 0 Å². The SMILES string of the molecule is COCCNC(=O)CCNCc1coc2ccccc12. The first-order chi connectivity index (χ1) is 9.81. The highest BCUT2D eigenvalue weighted by Gasteiger charge is 2.05. The van der Waals surface area contributed by atoms with Crippen LogP contribution >= 0.6 is 0 Å². The second kappa shape index (κ2) is 7.67. The molecule has 2 aromatic rings. The highest BCUT2D eigenvalue weighted by atomic mass is 16.5. The highest BCUT2D eigenvalue weighted by Crippen LogP contribution is 2.20. The molecule has 2 rings (SSSR count). The van der Waals surface area contributed by atoms with Gasteiger partial charge < -0.3 is 19.8 Å². The summed E-state index contributed by atoms with van der Waals surface area (Å²) in [6, 6.07) is 7.92. The Morgan fingerprint density at radius 3 is 3.00 bits per heavy atom. The molecule has 108 valence electrons. The number of methoxy groups -OCH3 is 1. The maximum absolute atomic E-state index is 11.5. The lowest BCUT2D eigenvalue weighted by molar-refractivity contribution is -0.121. The molecule has 2 N–H and O–H groups in total. The molecule has 1 heterocycles. The van der Waals surface area contributed by atoms with E-state index >= 15 is 0 Å². The summed E-state index contributed by atoms with van der Waals surface area (Å²) >= 11 is 0. The number of nitrogens with one attached hydrogen (secondary N) is 2. The van der Waals surface area contributed by atoms with Gasteiger partial charge in [-0.15, -0.1) is 0 Å². The fourth-order valence-corrected chi connectivity index (χ4v) is 1.98. The maximum atomic E-state index is 11.5. The van der Waals surface area contributed by atoms with Gasteiger partial charge in [0.1, 0.15) is 5.58 Å². The predicted molar refractivity (Wildman–Crippen MR) is 77.4 cm³/mol. The molecule has 0 saturated heterocycles. The summed E-state index contributed by atoms with van der Waals surface area (Å²) < 4.78 is 10.3. The number of benzene rings is 1. The van der Waals surface area contributed by atoms with E-state index in [-0.39, 0.29) is 5.91 Å². The van der Waals surface area contributed by atoms with Gasteiger partial charge in [-0.25, -0.2) is 0 Å². The molecular weight excluding hydrogens is 256 g/mol. The van der Waals surface area contributed by atoms with Crippen molar-refractivity contribution < 1.29 is 13.9 Å². The minimum Gasteiger partial charge on any atom is -0.464 e. The number of hydrogen-bond donors (Lipinski definition) is 2. The van der Waals surface area contributed by atoms with E-state index in [1.165, 1.54) is 0 Å². The van der Waals surface area contributed by atoms with E-state index in [4.69, 9.17) is 9.15 Å². The van der Waals surface area contributed by atoms with Crippen molar-refractivity contribution in [3.8, 4) is 0 Å². The van der Waals surface area contributed by atoms with Crippen LogP contribution in [0.25, 0.3) is 11.0 Å². The Labute approximate surface area is 118 Å². The van der Waals surface area contributed by atoms with Crippen molar-refractivity contribution in [2.75, 3.05) is 26.8 Å². The molecule has 0 bridgehead atoms. The Morgan fingerprint density at radius 2 is 2.15 bits per heavy atom. The average Bonchev–Trinajstić information content (AvgIpc) is 2.87. The van der Waals surface area contributed by atoms with Crippen molar-refractivity contribution in [1.82, 2.24) is 10.6 Å². The highest BCUT2D eigenvalue weighted by molar-refractivity contribution is 5.80. The molecule has 0 aliphatic carbocycles. The number of amides is 1. The minimum atomic E-state index is 0.0339. The number of carbonyl (C=O) groups is 1. The lowest BCUT2D eigenvalue weighted by atomic mass is 10.2. The quantitative estimate of drug-likeness (QED) is 0.720. The average molecular weight is 276 g/mol. The van der Waals surface area contributed by atoms with Crippen LogP contribution in [0.3, 0.4) is 0 Å². The second-order valence-corrected chi connectivity index (χ2v) is 4.53. The molecule has 0 atom stereocenters. The Bertz CT molecular complexity index is 551. The molecule has 0 radical (unpaired) electrons. The second-order valence-electron chi connectivity index (χ2n) is 4.53. The molecule has 0 fully saturated rings. The van der Waals surface area contributed by atoms with Gasteiger partial charge in [0, 0.05) is 44.1 Å². The third-order valence-electron chi connectivity index (χ3n) is 3.03. The summed E-state index contributed by atoms with van der Waals surface area (Å²) in [5.74, 6) is 0.0339. The Hall–Kier alpha value is -1.85. The van der Waals surface area contributed by atoms with Gasteiger partial charge in [0.25, 0.3) is 0 Å². The fraction of sp³-hybridized carbons (Fsp3) is 0.400. The van der Waals surface area contributed by atoms with Crippen molar-refractivity contribution in [2.45, 2.75) is 13.0 Å². The Balaban J connectivity index is 1.70. The first-order valence-corrected chi connectivity index (χ1v) is 6.72. The molecule has 5 nitrogen and oxygen atoms in total. The molecule has 0 aliphatic heterocycles. The molecule has 0 aliphatic rings. The summed E-state index contributed by atoms with van der Waals surface area (Å²) in [4.78, 5) is 11.5. The van der Waals surface area contributed by atoms with Crippen LogP contribution in [0.15, 0.2) is 34.9 Å². The van der Waals surface area contributed by atoms with Crippen LogP contribution in [0.4, 0.5) is 0 Å². The maximum Gasteiger partial charge on any atom is 0.221 e. The summed E-state index contributed by atoms with van der Waals surface area (Å²) in [6.07, 6.45) is 2.22. The van der Waals surface area contributed by atoms with Gasteiger partial charge in [0.2, 0.25) is 5.91 Å². The molecule has 0 spiro atoms. The number of carbonyl (C=O) groups excluding carboxylic acids is 1. The number of ether oxygens (including phenoxy) is 1. The van der Waals surface area contributed by atoms with E-state index in [2.05, 4.69) is 10.6 Å². The lowest BCUT2D eigenvalue weighted by Crippen LogP contribution is -2.29. The first kappa shape index (κ1) is 14.6. The van der Waals surface area contributed by atoms with Crippen molar-refractivity contribution >= 4 is 16.9 Å². The van der Waals surface area contributed by atoms with Gasteiger partial charge in [0.05, 0.1) is 12.9 Å². The smallest absolute Gasteiger partial charge is 0.221 e. The number of rotatable bonds is 8. The van der Waals surface area contributed by atoms with Crippen molar-refractivity contribution in [3.63, 3.8) is 0 Å². The van der Waals surface area contributed by atoms with Crippen LogP contribution < -0.4 is 10.6 Å². The molecule has 1 amide bonds. The normalized spacial score (nSPS) is 10.8. The van der Waals surface area contributed by atoms with E-state index < -0.39 is 0 Å². The predicted octanol–water partition coefficient (Wildman–Crippen LogP) is 1.68. The fourth-order valence-electron chi connectivity index (χ4n) is 1.98. The number of furan rings is 1. The summed E-state index contributed by atoms with van der Waals surface area (Å²) in [7, 11) is 1.61. The van der Waals surface area contributed by atoms with E-state index in [1.807, 2.05) is 24.3 Å². The Morgan fingerprint density at radius 1 is 1.30 bits per heavy atom. The summed E-state index contributed by atoms with van der Waals surface area (Å²) in [6.45, 7) is 2.43. The Kier molecular flexibility index (Phi) is 5.58. The van der Waals surface area contributed by atoms with Gasteiger partial charge in [-0.3, -0.25) is 4.79 Å². The van der Waals surface area contributed by atoms with Gasteiger partial charge in [-0.1, -0.05) is 18.2 Å². The van der Waals surface area contributed by atoms with Crippen LogP contribution in [-0.4, -0.2) is 32.7 Å².